The highest BCUT2D eigenvalue weighted by atomic mass is 32.1. The Morgan fingerprint density at radius 1 is 1.08 bits per heavy atom. The Hall–Kier alpha value is -2.77. The summed E-state index contributed by atoms with van der Waals surface area (Å²) in [6.07, 6.45) is 3.50. The van der Waals surface area contributed by atoms with Gasteiger partial charge in [0.1, 0.15) is 5.69 Å². The number of rotatable bonds is 1. The van der Waals surface area contributed by atoms with Crippen molar-refractivity contribution in [2.75, 3.05) is 0 Å². The quantitative estimate of drug-likeness (QED) is 0.589. The molecule has 4 heteroatoms. The van der Waals surface area contributed by atoms with Gasteiger partial charge in [-0.1, -0.05) is 44.2 Å². The van der Waals surface area contributed by atoms with E-state index < -0.39 is 0 Å². The number of aromatic nitrogens is 2. The van der Waals surface area contributed by atoms with Gasteiger partial charge in [-0.25, -0.2) is 9.97 Å². The van der Waals surface area contributed by atoms with Gasteiger partial charge in [-0.15, -0.1) is 11.3 Å². The normalized spacial score (nSPS) is 15.1. The van der Waals surface area contributed by atoms with Crippen LogP contribution in [-0.4, -0.2) is 15.8 Å². The van der Waals surface area contributed by atoms with Crippen LogP contribution in [0.3, 0.4) is 0 Å². The van der Waals surface area contributed by atoms with Crippen LogP contribution in [0, 0.1) is 17.3 Å². The smallest absolute Gasteiger partial charge is 0.170 e. The van der Waals surface area contributed by atoms with Crippen LogP contribution >= 0.6 is 11.3 Å². The molecular formula is C22H18N2OS. The fourth-order valence-corrected chi connectivity index (χ4v) is 3.84. The molecule has 2 aromatic heterocycles. The van der Waals surface area contributed by atoms with Crippen molar-refractivity contribution >= 4 is 17.1 Å². The predicted octanol–water partition coefficient (Wildman–Crippen LogP) is 4.76. The molecule has 3 nitrogen and oxygen atoms in total. The lowest BCUT2D eigenvalue weighted by molar-refractivity contribution is 0.0809. The van der Waals surface area contributed by atoms with Crippen molar-refractivity contribution in [2.24, 2.45) is 5.41 Å². The van der Waals surface area contributed by atoms with Crippen molar-refractivity contribution in [2.45, 2.75) is 26.7 Å². The molecule has 0 spiro atoms. The van der Waals surface area contributed by atoms with E-state index >= 15 is 0 Å². The van der Waals surface area contributed by atoms with Gasteiger partial charge in [0, 0.05) is 17.2 Å². The van der Waals surface area contributed by atoms with E-state index in [2.05, 4.69) is 33.9 Å². The Labute approximate surface area is 157 Å². The van der Waals surface area contributed by atoms with Crippen LogP contribution in [0.15, 0.2) is 48.7 Å². The van der Waals surface area contributed by atoms with E-state index in [0.717, 1.165) is 39.5 Å². The van der Waals surface area contributed by atoms with Crippen LogP contribution in [0.2, 0.25) is 0 Å². The zero-order valence-corrected chi connectivity index (χ0v) is 15.6. The van der Waals surface area contributed by atoms with Gasteiger partial charge in [-0.2, -0.15) is 0 Å². The highest BCUT2D eigenvalue weighted by Crippen LogP contribution is 2.33. The zero-order valence-electron chi connectivity index (χ0n) is 14.7. The fraction of sp³-hybridized carbons (Fsp3) is 0.227. The second-order valence-corrected chi connectivity index (χ2v) is 8.08. The van der Waals surface area contributed by atoms with Crippen LogP contribution in [0.25, 0.3) is 10.4 Å². The first-order chi connectivity index (χ1) is 12.5. The van der Waals surface area contributed by atoms with Crippen molar-refractivity contribution < 1.29 is 4.79 Å². The maximum atomic E-state index is 12.5. The van der Waals surface area contributed by atoms with E-state index in [-0.39, 0.29) is 11.2 Å². The molecule has 0 N–H and O–H groups in total. The summed E-state index contributed by atoms with van der Waals surface area (Å²) in [4.78, 5) is 22.6. The predicted molar refractivity (Wildman–Crippen MR) is 104 cm³/mol. The van der Waals surface area contributed by atoms with Gasteiger partial charge in [0.2, 0.25) is 0 Å². The molecule has 1 aliphatic rings. The number of thiazole rings is 1. The molecule has 0 bridgehead atoms. The maximum Gasteiger partial charge on any atom is 0.170 e. The van der Waals surface area contributed by atoms with Crippen molar-refractivity contribution in [3.8, 4) is 22.3 Å². The van der Waals surface area contributed by atoms with Crippen molar-refractivity contribution in [3.05, 3.63) is 70.6 Å². The van der Waals surface area contributed by atoms with Crippen LogP contribution < -0.4 is 0 Å². The lowest BCUT2D eigenvalue weighted by Gasteiger charge is -2.28. The van der Waals surface area contributed by atoms with Crippen LogP contribution in [0.1, 0.15) is 47.0 Å². The van der Waals surface area contributed by atoms with Gasteiger partial charge < -0.3 is 0 Å². The molecule has 128 valence electrons. The molecule has 0 aliphatic heterocycles. The highest BCUT2D eigenvalue weighted by molar-refractivity contribution is 7.15. The molecule has 0 fully saturated rings. The fourth-order valence-electron chi connectivity index (χ4n) is 3.06. The minimum Gasteiger partial charge on any atom is -0.294 e. The van der Waals surface area contributed by atoms with Gasteiger partial charge >= 0.3 is 0 Å². The monoisotopic (exact) mass is 358 g/mol. The van der Waals surface area contributed by atoms with Crippen LogP contribution in [0.5, 0.6) is 0 Å². The SMILES string of the molecule is CC1(C)CCc2nc(C#Cc3ncc(-c4ccccc4)s3)ccc2C1=O. The maximum absolute atomic E-state index is 12.5. The number of fused-ring (bicyclic) bond motifs is 1. The lowest BCUT2D eigenvalue weighted by atomic mass is 9.75. The summed E-state index contributed by atoms with van der Waals surface area (Å²) < 4.78 is 0. The number of ketones is 1. The molecule has 0 saturated carbocycles. The molecule has 26 heavy (non-hydrogen) atoms. The van der Waals surface area contributed by atoms with Gasteiger partial charge in [0.15, 0.2) is 10.8 Å². The average molecular weight is 358 g/mol. The van der Waals surface area contributed by atoms with Crippen molar-refractivity contribution in [1.82, 2.24) is 9.97 Å². The van der Waals surface area contributed by atoms with Gasteiger partial charge in [0.05, 0.1) is 10.6 Å². The Kier molecular flexibility index (Phi) is 4.18. The molecule has 0 unspecified atom stereocenters. The topological polar surface area (TPSA) is 42.9 Å². The number of Topliss-reactive ketones (excluding diaryl/α,β-unsaturated/α-hetero) is 1. The number of carbonyl (C=O) groups excluding carboxylic acids is 1. The van der Waals surface area contributed by atoms with E-state index in [1.165, 1.54) is 0 Å². The summed E-state index contributed by atoms with van der Waals surface area (Å²) in [5.41, 5.74) is 3.15. The zero-order chi connectivity index (χ0) is 18.1. The van der Waals surface area contributed by atoms with Gasteiger partial charge in [0.25, 0.3) is 0 Å². The number of benzene rings is 1. The minimum atomic E-state index is -0.295. The molecule has 1 aromatic carbocycles. The second-order valence-electron chi connectivity index (χ2n) is 7.05. The second kappa shape index (κ2) is 6.51. The third-order valence-electron chi connectivity index (χ3n) is 4.68. The Balaban J connectivity index is 1.58. The summed E-state index contributed by atoms with van der Waals surface area (Å²) in [5, 5.41) is 0.764. The lowest BCUT2D eigenvalue weighted by Crippen LogP contribution is -2.31. The third kappa shape index (κ3) is 3.18. The van der Waals surface area contributed by atoms with Gasteiger partial charge in [-0.3, -0.25) is 4.79 Å². The van der Waals surface area contributed by atoms with Crippen molar-refractivity contribution in [3.63, 3.8) is 0 Å². The number of nitrogens with zero attached hydrogens (tertiary/aromatic N) is 2. The number of hydrogen-bond acceptors (Lipinski definition) is 4. The van der Waals surface area contributed by atoms with E-state index in [9.17, 15) is 4.79 Å². The summed E-state index contributed by atoms with van der Waals surface area (Å²) in [7, 11) is 0. The van der Waals surface area contributed by atoms with Gasteiger partial charge in [-0.05, 0) is 42.4 Å². The number of aryl methyl sites for hydroxylation is 1. The Morgan fingerprint density at radius 3 is 2.69 bits per heavy atom. The molecule has 0 radical (unpaired) electrons. The molecule has 0 saturated heterocycles. The molecule has 1 aliphatic carbocycles. The average Bonchev–Trinajstić information content (AvgIpc) is 3.13. The molecule has 0 amide bonds. The van der Waals surface area contributed by atoms with E-state index in [4.69, 9.17) is 0 Å². The van der Waals surface area contributed by atoms with E-state index in [1.54, 1.807) is 11.3 Å². The van der Waals surface area contributed by atoms with Crippen LogP contribution in [0.4, 0.5) is 0 Å². The molecule has 2 heterocycles. The summed E-state index contributed by atoms with van der Waals surface area (Å²) in [5.74, 6) is 6.36. The number of pyridine rings is 1. The van der Waals surface area contributed by atoms with Crippen molar-refractivity contribution in [1.29, 1.82) is 0 Å². The number of hydrogen-bond donors (Lipinski definition) is 0. The molecule has 4 rings (SSSR count). The third-order valence-corrected chi connectivity index (χ3v) is 5.64. The summed E-state index contributed by atoms with van der Waals surface area (Å²) >= 11 is 1.57. The molecule has 3 aromatic rings. The van der Waals surface area contributed by atoms with E-state index in [1.807, 2.05) is 50.4 Å². The summed E-state index contributed by atoms with van der Waals surface area (Å²) in [6.45, 7) is 4.00. The Bertz CT molecular complexity index is 1040. The standard InChI is InChI=1S/C22H18N2OS/c1-22(2)13-12-18-17(21(22)25)10-8-16(24-18)9-11-20-23-14-19(26-20)15-6-4-3-5-7-15/h3-8,10,14H,12-13H2,1-2H3. The first-order valence-corrected chi connectivity index (χ1v) is 9.43. The minimum absolute atomic E-state index is 0.179. The Morgan fingerprint density at radius 2 is 1.88 bits per heavy atom. The highest BCUT2D eigenvalue weighted by Gasteiger charge is 2.34. The van der Waals surface area contributed by atoms with E-state index in [0.29, 0.717) is 5.69 Å². The largest absolute Gasteiger partial charge is 0.294 e. The number of carbonyl (C=O) groups is 1. The van der Waals surface area contributed by atoms with Crippen LogP contribution in [-0.2, 0) is 6.42 Å². The first kappa shape index (κ1) is 16.7. The molecular weight excluding hydrogens is 340 g/mol. The molecule has 0 atom stereocenters. The summed E-state index contributed by atoms with van der Waals surface area (Å²) in [6, 6.07) is 13.9. The first-order valence-electron chi connectivity index (χ1n) is 8.61.